The van der Waals surface area contributed by atoms with Crippen LogP contribution in [-0.4, -0.2) is 54.5 Å². The van der Waals surface area contributed by atoms with Gasteiger partial charge in [-0.25, -0.2) is 0 Å². The molecule has 0 bridgehead atoms. The summed E-state index contributed by atoms with van der Waals surface area (Å²) >= 11 is 0. The Hall–Kier alpha value is -2.86. The predicted molar refractivity (Wildman–Crippen MR) is 115 cm³/mol. The number of phenols is 1. The SMILES string of the molecule is CN[C@@H](Cc1ccc(O)cc1)C(=O)N(C)[C@H](C)C(=O)NCCCc1ccccc1. The van der Waals surface area contributed by atoms with E-state index in [0.717, 1.165) is 18.4 Å². The number of aryl methyl sites for hydroxylation is 1. The normalized spacial score (nSPS) is 12.8. The van der Waals surface area contributed by atoms with Crippen LogP contribution >= 0.6 is 0 Å². The summed E-state index contributed by atoms with van der Waals surface area (Å²) in [4.78, 5) is 26.8. The van der Waals surface area contributed by atoms with Gasteiger partial charge in [0, 0.05) is 13.6 Å². The largest absolute Gasteiger partial charge is 0.508 e. The zero-order valence-corrected chi connectivity index (χ0v) is 17.4. The molecular formula is C23H31N3O3. The molecule has 29 heavy (non-hydrogen) atoms. The third kappa shape index (κ3) is 6.91. The number of rotatable bonds is 10. The molecule has 0 radical (unpaired) electrons. The van der Waals surface area contributed by atoms with Crippen LogP contribution < -0.4 is 10.6 Å². The van der Waals surface area contributed by atoms with Gasteiger partial charge in [0.1, 0.15) is 11.8 Å². The number of amides is 2. The number of carbonyl (C=O) groups is 2. The van der Waals surface area contributed by atoms with Gasteiger partial charge < -0.3 is 20.6 Å². The molecule has 2 aromatic rings. The first-order valence-electron chi connectivity index (χ1n) is 9.96. The summed E-state index contributed by atoms with van der Waals surface area (Å²) in [5.74, 6) is -0.114. The Kier molecular flexibility index (Phi) is 8.68. The lowest BCUT2D eigenvalue weighted by atomic mass is 10.0. The van der Waals surface area contributed by atoms with Gasteiger partial charge >= 0.3 is 0 Å². The monoisotopic (exact) mass is 397 g/mol. The molecule has 0 saturated carbocycles. The van der Waals surface area contributed by atoms with Crippen LogP contribution in [0.25, 0.3) is 0 Å². The van der Waals surface area contributed by atoms with Gasteiger partial charge in [0.05, 0.1) is 6.04 Å². The number of nitrogens with zero attached hydrogens (tertiary/aromatic N) is 1. The fourth-order valence-electron chi connectivity index (χ4n) is 3.09. The molecular weight excluding hydrogens is 366 g/mol. The molecule has 0 aromatic heterocycles. The summed E-state index contributed by atoms with van der Waals surface area (Å²) in [5, 5.41) is 15.3. The zero-order valence-electron chi connectivity index (χ0n) is 17.4. The van der Waals surface area contributed by atoms with Gasteiger partial charge in [0.15, 0.2) is 0 Å². The first kappa shape index (κ1) is 22.4. The molecule has 156 valence electrons. The van der Waals surface area contributed by atoms with E-state index in [-0.39, 0.29) is 17.6 Å². The third-order valence-corrected chi connectivity index (χ3v) is 5.12. The number of aromatic hydroxyl groups is 1. The van der Waals surface area contributed by atoms with Crippen LogP contribution in [0.4, 0.5) is 0 Å². The molecule has 0 saturated heterocycles. The van der Waals surface area contributed by atoms with Gasteiger partial charge in [-0.3, -0.25) is 9.59 Å². The number of hydrogen-bond donors (Lipinski definition) is 3. The molecule has 0 unspecified atom stereocenters. The maximum absolute atomic E-state index is 12.8. The number of hydrogen-bond acceptors (Lipinski definition) is 4. The summed E-state index contributed by atoms with van der Waals surface area (Å²) in [6.07, 6.45) is 2.23. The first-order valence-corrected chi connectivity index (χ1v) is 9.96. The van der Waals surface area contributed by atoms with E-state index in [1.165, 1.54) is 10.5 Å². The highest BCUT2D eigenvalue weighted by Crippen LogP contribution is 2.12. The maximum Gasteiger partial charge on any atom is 0.242 e. The second-order valence-corrected chi connectivity index (χ2v) is 7.22. The van der Waals surface area contributed by atoms with Crippen LogP contribution in [0.5, 0.6) is 5.75 Å². The molecule has 0 aliphatic heterocycles. The van der Waals surface area contributed by atoms with Crippen LogP contribution in [0.15, 0.2) is 54.6 Å². The highest BCUT2D eigenvalue weighted by molar-refractivity contribution is 5.89. The molecule has 0 aliphatic rings. The Morgan fingerprint density at radius 1 is 1.03 bits per heavy atom. The van der Waals surface area contributed by atoms with E-state index < -0.39 is 12.1 Å². The Balaban J connectivity index is 1.82. The molecule has 2 atom stereocenters. The maximum atomic E-state index is 12.8. The minimum atomic E-state index is -0.560. The van der Waals surface area contributed by atoms with E-state index in [1.807, 2.05) is 18.2 Å². The molecule has 0 aliphatic carbocycles. The van der Waals surface area contributed by atoms with Crippen LogP contribution in [0, 0.1) is 0 Å². The Morgan fingerprint density at radius 2 is 1.69 bits per heavy atom. The lowest BCUT2D eigenvalue weighted by molar-refractivity contribution is -0.139. The van der Waals surface area contributed by atoms with E-state index in [9.17, 15) is 14.7 Å². The lowest BCUT2D eigenvalue weighted by Crippen LogP contribution is -2.52. The molecule has 3 N–H and O–H groups in total. The molecule has 2 aromatic carbocycles. The zero-order chi connectivity index (χ0) is 21.2. The van der Waals surface area contributed by atoms with Crippen molar-refractivity contribution in [2.75, 3.05) is 20.6 Å². The van der Waals surface area contributed by atoms with E-state index in [1.54, 1.807) is 45.3 Å². The summed E-state index contributed by atoms with van der Waals surface area (Å²) in [5.41, 5.74) is 2.18. The minimum absolute atomic E-state index is 0.146. The van der Waals surface area contributed by atoms with Gasteiger partial charge in [-0.15, -0.1) is 0 Å². The van der Waals surface area contributed by atoms with E-state index >= 15 is 0 Å². The summed E-state index contributed by atoms with van der Waals surface area (Å²) in [6.45, 7) is 2.31. The van der Waals surface area contributed by atoms with Crippen molar-refractivity contribution in [3.63, 3.8) is 0 Å². The van der Waals surface area contributed by atoms with Crippen molar-refractivity contribution >= 4 is 11.8 Å². The summed E-state index contributed by atoms with van der Waals surface area (Å²) in [7, 11) is 3.38. The predicted octanol–water partition coefficient (Wildman–Crippen LogP) is 2.12. The second kappa shape index (κ2) is 11.2. The lowest BCUT2D eigenvalue weighted by Gasteiger charge is -2.28. The molecule has 6 heteroatoms. The molecule has 0 fully saturated rings. The molecule has 0 spiro atoms. The van der Waals surface area contributed by atoms with Gasteiger partial charge in [-0.2, -0.15) is 0 Å². The molecule has 0 heterocycles. The van der Waals surface area contributed by atoms with Crippen molar-refractivity contribution < 1.29 is 14.7 Å². The van der Waals surface area contributed by atoms with Crippen molar-refractivity contribution in [2.45, 2.75) is 38.3 Å². The van der Waals surface area contributed by atoms with Crippen LogP contribution in [0.1, 0.15) is 24.5 Å². The molecule has 2 amide bonds. The Labute approximate surface area is 172 Å². The van der Waals surface area contributed by atoms with Crippen molar-refractivity contribution in [2.24, 2.45) is 0 Å². The second-order valence-electron chi connectivity index (χ2n) is 7.22. The fourth-order valence-corrected chi connectivity index (χ4v) is 3.09. The number of nitrogens with one attached hydrogen (secondary N) is 2. The summed E-state index contributed by atoms with van der Waals surface area (Å²) < 4.78 is 0. The average molecular weight is 398 g/mol. The Bertz CT molecular complexity index is 778. The van der Waals surface area contributed by atoms with Crippen molar-refractivity contribution in [1.82, 2.24) is 15.5 Å². The minimum Gasteiger partial charge on any atom is -0.508 e. The van der Waals surface area contributed by atoms with Crippen molar-refractivity contribution in [3.8, 4) is 5.75 Å². The topological polar surface area (TPSA) is 81.7 Å². The summed E-state index contributed by atoms with van der Waals surface area (Å²) in [6, 6.07) is 15.9. The third-order valence-electron chi connectivity index (χ3n) is 5.12. The number of phenolic OH excluding ortho intramolecular Hbond substituents is 1. The van der Waals surface area contributed by atoms with Crippen LogP contribution in [0.2, 0.25) is 0 Å². The van der Waals surface area contributed by atoms with Crippen molar-refractivity contribution in [1.29, 1.82) is 0 Å². The highest BCUT2D eigenvalue weighted by atomic mass is 16.3. The highest BCUT2D eigenvalue weighted by Gasteiger charge is 2.27. The van der Waals surface area contributed by atoms with Gasteiger partial charge in [-0.05, 0) is 56.5 Å². The van der Waals surface area contributed by atoms with Crippen LogP contribution in [-0.2, 0) is 22.4 Å². The number of likely N-dealkylation sites (N-methyl/N-ethyl adjacent to an activating group) is 2. The van der Waals surface area contributed by atoms with E-state index in [0.29, 0.717) is 13.0 Å². The molecule has 2 rings (SSSR count). The number of benzene rings is 2. The van der Waals surface area contributed by atoms with Gasteiger partial charge in [0.2, 0.25) is 11.8 Å². The Morgan fingerprint density at radius 3 is 2.31 bits per heavy atom. The first-order chi connectivity index (χ1) is 13.9. The molecule has 6 nitrogen and oxygen atoms in total. The van der Waals surface area contributed by atoms with Gasteiger partial charge in [-0.1, -0.05) is 42.5 Å². The quantitative estimate of drug-likeness (QED) is 0.537. The van der Waals surface area contributed by atoms with Crippen LogP contribution in [0.3, 0.4) is 0 Å². The average Bonchev–Trinajstić information content (AvgIpc) is 2.75. The van der Waals surface area contributed by atoms with E-state index in [2.05, 4.69) is 22.8 Å². The number of carbonyl (C=O) groups excluding carboxylic acids is 2. The fraction of sp³-hybridized carbons (Fsp3) is 0.391. The van der Waals surface area contributed by atoms with Gasteiger partial charge in [0.25, 0.3) is 0 Å². The standard InChI is InChI=1S/C23H31N3O3/c1-17(22(28)25-15-7-10-18-8-5-4-6-9-18)26(3)23(29)21(24-2)16-19-11-13-20(27)14-12-19/h4-6,8-9,11-14,17,21,24,27H,7,10,15-16H2,1-3H3,(H,25,28)/t17-,21+/m1/s1. The van der Waals surface area contributed by atoms with Crippen molar-refractivity contribution in [3.05, 3.63) is 65.7 Å². The smallest absolute Gasteiger partial charge is 0.242 e. The van der Waals surface area contributed by atoms with E-state index in [4.69, 9.17) is 0 Å².